The summed E-state index contributed by atoms with van der Waals surface area (Å²) in [5.74, 6) is 0. The zero-order chi connectivity index (χ0) is 3.58. The van der Waals surface area contributed by atoms with Crippen molar-refractivity contribution in [3.05, 3.63) is 0 Å². The molecule has 0 saturated heterocycles. The topological polar surface area (TPSA) is 40.1 Å². The minimum absolute atomic E-state index is 0. The maximum absolute atomic E-state index is 9.95. The quantitative estimate of drug-likeness (QED) is 0.397. The molecule has 1 unspecified atom stereocenters. The molecule has 0 aromatic rings. The van der Waals surface area contributed by atoms with Crippen molar-refractivity contribution in [2.24, 2.45) is 0 Å². The molecule has 0 N–H and O–H groups in total. The smallest absolute Gasteiger partial charge is 0.540 e. The van der Waals surface area contributed by atoms with Gasteiger partial charge in [-0.2, -0.15) is 0 Å². The Balaban J connectivity index is 0. The second-order valence-corrected chi connectivity index (χ2v) is 0.638. The van der Waals surface area contributed by atoms with Gasteiger partial charge >= 0.3 is 8.34 Å². The van der Waals surface area contributed by atoms with Crippen molar-refractivity contribution in [2.45, 2.75) is 0 Å². The van der Waals surface area contributed by atoms with Crippen molar-refractivity contribution < 1.29 is 36.0 Å². The molecule has 0 aliphatic rings. The third-order valence-corrected chi connectivity index (χ3v) is 0. The van der Waals surface area contributed by atoms with Gasteiger partial charge in [0.1, 0.15) is 0 Å². The van der Waals surface area contributed by atoms with E-state index in [9.17, 15) is 4.20 Å². The summed E-state index contributed by atoms with van der Waals surface area (Å²) in [6, 6.07) is 0. The van der Waals surface area contributed by atoms with E-state index in [1.54, 1.807) is 0 Å². The van der Waals surface area contributed by atoms with Crippen LogP contribution in [0.2, 0.25) is 0 Å². The van der Waals surface area contributed by atoms with Crippen LogP contribution in [0.15, 0.2) is 0 Å². The maximum atomic E-state index is 9.95. The Bertz CT molecular complexity index is 32.6. The van der Waals surface area contributed by atoms with Crippen LogP contribution in [0.1, 0.15) is 0 Å². The number of hydrogen-bond donors (Lipinski definition) is 0. The van der Waals surface area contributed by atoms with Crippen molar-refractivity contribution in [1.29, 1.82) is 0 Å². The van der Waals surface area contributed by atoms with E-state index >= 15 is 0 Å². The maximum Gasteiger partial charge on any atom is 0.540 e. The Morgan fingerprint density at radius 1 is 1.80 bits per heavy atom. The van der Waals surface area contributed by atoms with Crippen LogP contribution < -0.4 is 4.89 Å². The first kappa shape index (κ1) is 9.21. The first-order valence-electron chi connectivity index (χ1n) is 0.534. The average Bonchev–Trinajstić information content (AvgIpc) is 0.811. The fraction of sp³-hybridized carbons (Fsp3) is 0. The summed E-state index contributed by atoms with van der Waals surface area (Å²) in [7, 11) is -3.62. The largest absolute Gasteiger partial charge is 0.562 e. The van der Waals surface area contributed by atoms with Crippen molar-refractivity contribution in [3.8, 4) is 0 Å². The molecule has 0 heterocycles. The van der Waals surface area contributed by atoms with E-state index in [0.717, 1.165) is 0 Å². The predicted molar refractivity (Wildman–Crippen MR) is 8.71 cm³/mol. The molecule has 5 heavy (non-hydrogen) atoms. The van der Waals surface area contributed by atoms with Gasteiger partial charge in [0.25, 0.3) is 0 Å². The second-order valence-electron chi connectivity index (χ2n) is 0.213. The van der Waals surface area contributed by atoms with Crippen LogP contribution in [0.3, 0.4) is 0 Å². The normalized spacial score (nSPS) is 8.80. The van der Waals surface area contributed by atoms with Gasteiger partial charge < -0.3 is 4.89 Å². The molecule has 1 radical (unpaired) electrons. The zero-order valence-electron chi connectivity index (χ0n) is 1.94. The average molecular weight is 190 g/mol. The Labute approximate surface area is 44.9 Å². The third kappa shape index (κ3) is 66.1. The van der Waals surface area contributed by atoms with E-state index in [2.05, 4.69) is 0 Å². The first-order chi connectivity index (χ1) is 1.73. The van der Waals surface area contributed by atoms with Gasteiger partial charge in [-0.3, -0.25) is 0 Å². The van der Waals surface area contributed by atoms with Gasteiger partial charge in [0, 0.05) is 22.4 Å². The van der Waals surface area contributed by atoms with E-state index in [1.807, 2.05) is 0 Å². The monoisotopic (exact) mass is 189 g/mol. The summed E-state index contributed by atoms with van der Waals surface area (Å²) >= 11 is 0. The Morgan fingerprint density at radius 3 is 1.80 bits per heavy atom. The van der Waals surface area contributed by atoms with E-state index in [4.69, 9.17) is 9.46 Å². The van der Waals surface area contributed by atoms with Crippen molar-refractivity contribution >= 4 is 8.34 Å². The molecular formula is AgFO2P. The minimum Gasteiger partial charge on any atom is -0.562 e. The molecular weight excluding hydrogens is 190 g/mol. The van der Waals surface area contributed by atoms with E-state index in [1.165, 1.54) is 0 Å². The molecule has 0 aliphatic heterocycles. The Morgan fingerprint density at radius 2 is 1.80 bits per heavy atom. The van der Waals surface area contributed by atoms with Gasteiger partial charge in [-0.1, -0.05) is 0 Å². The van der Waals surface area contributed by atoms with E-state index in [-0.39, 0.29) is 22.4 Å². The van der Waals surface area contributed by atoms with Crippen LogP contribution >= 0.6 is 8.34 Å². The van der Waals surface area contributed by atoms with Crippen LogP contribution in [-0.2, 0) is 26.9 Å². The number of halogens is 1. The van der Waals surface area contributed by atoms with Gasteiger partial charge in [0.15, 0.2) is 0 Å². The molecule has 35 valence electrons. The predicted octanol–water partition coefficient (Wildman–Crippen LogP) is -0.0289. The molecule has 0 saturated carbocycles. The first-order valence-corrected chi connectivity index (χ1v) is 1.60. The molecule has 0 fully saturated rings. The summed E-state index contributed by atoms with van der Waals surface area (Å²) in [6.45, 7) is 0. The molecule has 0 rings (SSSR count). The van der Waals surface area contributed by atoms with Gasteiger partial charge in [-0.05, 0) is 4.57 Å². The fourth-order valence-electron chi connectivity index (χ4n) is 0. The van der Waals surface area contributed by atoms with Crippen LogP contribution in [0.5, 0.6) is 0 Å². The van der Waals surface area contributed by atoms with Gasteiger partial charge in [-0.15, -0.1) is 0 Å². The summed E-state index contributed by atoms with van der Waals surface area (Å²) < 4.78 is 18.3. The van der Waals surface area contributed by atoms with Crippen molar-refractivity contribution in [2.75, 3.05) is 0 Å². The summed E-state index contributed by atoms with van der Waals surface area (Å²) in [4.78, 5) is 8.37. The number of hydrogen-bond acceptors (Lipinski definition) is 2. The molecule has 1 atom stereocenters. The Hall–Kier alpha value is 0.730. The fourth-order valence-corrected chi connectivity index (χ4v) is 0. The molecule has 0 amide bonds. The van der Waals surface area contributed by atoms with Gasteiger partial charge in [-0.25, -0.2) is 0 Å². The van der Waals surface area contributed by atoms with Crippen LogP contribution in [0, 0.1) is 0 Å². The van der Waals surface area contributed by atoms with Crippen LogP contribution in [0.4, 0.5) is 4.20 Å². The molecule has 5 heteroatoms. The molecule has 0 bridgehead atoms. The third-order valence-electron chi connectivity index (χ3n) is 0. The minimum atomic E-state index is -3.62. The molecule has 2 nitrogen and oxygen atoms in total. The van der Waals surface area contributed by atoms with Crippen molar-refractivity contribution in [3.63, 3.8) is 0 Å². The van der Waals surface area contributed by atoms with Gasteiger partial charge in [0.05, 0.1) is 4.20 Å². The van der Waals surface area contributed by atoms with E-state index in [0.29, 0.717) is 0 Å². The van der Waals surface area contributed by atoms with Crippen molar-refractivity contribution in [1.82, 2.24) is 0 Å². The standard InChI is InChI=1S/Ag.FO2P/c;1-4(2)3. The van der Waals surface area contributed by atoms with Gasteiger partial charge in [0.2, 0.25) is 0 Å². The molecule has 0 aromatic carbocycles. The molecule has 0 aliphatic carbocycles. The molecule has 0 spiro atoms. The van der Waals surface area contributed by atoms with E-state index < -0.39 is 8.34 Å². The second kappa shape index (κ2) is 4.73. The zero-order valence-corrected chi connectivity index (χ0v) is 4.32. The SMILES string of the molecule is O=[P+]([O-])F.[Ag]. The molecule has 0 aromatic heterocycles. The van der Waals surface area contributed by atoms with Crippen LogP contribution in [0.25, 0.3) is 0 Å². The summed E-state index contributed by atoms with van der Waals surface area (Å²) in [5.41, 5.74) is 0. The van der Waals surface area contributed by atoms with Crippen LogP contribution in [-0.4, -0.2) is 0 Å². The summed E-state index contributed by atoms with van der Waals surface area (Å²) in [5, 5.41) is 0. The summed E-state index contributed by atoms with van der Waals surface area (Å²) in [6.07, 6.45) is 0. The number of rotatable bonds is 0. The Kier molecular flexibility index (Phi) is 8.72.